The first-order valence-electron chi connectivity index (χ1n) is 13.3. The summed E-state index contributed by atoms with van der Waals surface area (Å²) in [5.41, 5.74) is 1.46. The van der Waals surface area contributed by atoms with Gasteiger partial charge in [-0.15, -0.1) is 0 Å². The van der Waals surface area contributed by atoms with E-state index in [4.69, 9.17) is 18.9 Å². The number of esters is 2. The number of aliphatic hydroxyl groups excluding tert-OH is 1. The van der Waals surface area contributed by atoms with Crippen LogP contribution < -0.4 is 14.2 Å². The van der Waals surface area contributed by atoms with Crippen LogP contribution in [0.3, 0.4) is 0 Å². The summed E-state index contributed by atoms with van der Waals surface area (Å²) in [6.45, 7) is 7.83. The molecule has 204 valence electrons. The van der Waals surface area contributed by atoms with Crippen LogP contribution in [0.2, 0.25) is 0 Å². The second-order valence-electron chi connectivity index (χ2n) is 11.6. The maximum Gasteiger partial charge on any atom is 0.346 e. The van der Waals surface area contributed by atoms with Crippen LogP contribution in [-0.4, -0.2) is 24.2 Å². The summed E-state index contributed by atoms with van der Waals surface area (Å²) in [5.74, 6) is 1.30. The van der Waals surface area contributed by atoms with Crippen molar-refractivity contribution in [1.82, 2.24) is 0 Å². The monoisotopic (exact) mass is 586 g/mol. The zero-order chi connectivity index (χ0) is 27.4. The van der Waals surface area contributed by atoms with Crippen molar-refractivity contribution in [2.24, 2.45) is 23.2 Å². The number of rotatable bonds is 6. The van der Waals surface area contributed by atoms with Gasteiger partial charge < -0.3 is 24.1 Å². The largest absolute Gasteiger partial charge is 0.495 e. The van der Waals surface area contributed by atoms with E-state index in [0.29, 0.717) is 45.4 Å². The fourth-order valence-electron chi connectivity index (χ4n) is 6.44. The molecular weight excluding hydrogens is 552 g/mol. The number of methoxy groups -OCH3 is 1. The second-order valence-corrected chi connectivity index (χ2v) is 12.4. The van der Waals surface area contributed by atoms with Gasteiger partial charge in [0.1, 0.15) is 23.7 Å². The molecule has 2 saturated carbocycles. The SMILES string of the molecule is COc1c([C@@H](O)CC(C)C)ccc2c1C(=O)OCc1c(Br)c(C)cc(OC(=O)[C@]3(C)C[C@H]4CC[C@@H]3C4)c1O2. The number of carbonyl (C=O) groups excluding carboxylic acids is 2. The van der Waals surface area contributed by atoms with Crippen LogP contribution in [-0.2, 0) is 16.1 Å². The quantitative estimate of drug-likeness (QED) is 0.286. The normalized spacial score (nSPS) is 24.6. The number of aliphatic hydroxyl groups is 1. The molecule has 2 bridgehead atoms. The van der Waals surface area contributed by atoms with Crippen molar-refractivity contribution >= 4 is 27.9 Å². The Labute approximate surface area is 231 Å². The van der Waals surface area contributed by atoms with Crippen molar-refractivity contribution in [2.75, 3.05) is 7.11 Å². The fourth-order valence-corrected chi connectivity index (χ4v) is 6.84. The fraction of sp³-hybridized carbons (Fsp3) is 0.533. The predicted molar refractivity (Wildman–Crippen MR) is 145 cm³/mol. The van der Waals surface area contributed by atoms with Gasteiger partial charge in [0, 0.05) is 10.0 Å². The van der Waals surface area contributed by atoms with E-state index < -0.39 is 17.5 Å². The molecule has 2 aliphatic carbocycles. The third kappa shape index (κ3) is 4.60. The summed E-state index contributed by atoms with van der Waals surface area (Å²) in [7, 11) is 1.45. The molecule has 4 atom stereocenters. The first-order valence-corrected chi connectivity index (χ1v) is 14.1. The molecule has 0 spiro atoms. The molecule has 3 aliphatic rings. The summed E-state index contributed by atoms with van der Waals surface area (Å²) in [5, 5.41) is 10.8. The Bertz CT molecular complexity index is 1290. The number of carbonyl (C=O) groups is 2. The van der Waals surface area contributed by atoms with Gasteiger partial charge in [-0.05, 0) is 97.0 Å². The average molecular weight is 588 g/mol. The van der Waals surface area contributed by atoms with Gasteiger partial charge in [0.05, 0.1) is 24.2 Å². The van der Waals surface area contributed by atoms with Gasteiger partial charge in [-0.2, -0.15) is 0 Å². The van der Waals surface area contributed by atoms with Crippen LogP contribution in [0.4, 0.5) is 0 Å². The summed E-state index contributed by atoms with van der Waals surface area (Å²) < 4.78 is 24.5. The summed E-state index contributed by atoms with van der Waals surface area (Å²) >= 11 is 3.60. The van der Waals surface area contributed by atoms with E-state index in [0.717, 1.165) is 24.8 Å². The minimum absolute atomic E-state index is 0.0903. The van der Waals surface area contributed by atoms with Crippen LogP contribution in [0, 0.1) is 30.1 Å². The average Bonchev–Trinajstić information content (AvgIpc) is 3.46. The minimum atomic E-state index is -0.823. The highest BCUT2D eigenvalue weighted by Gasteiger charge is 2.53. The van der Waals surface area contributed by atoms with Gasteiger partial charge in [-0.25, -0.2) is 4.79 Å². The van der Waals surface area contributed by atoms with Gasteiger partial charge in [0.15, 0.2) is 11.5 Å². The number of ether oxygens (including phenoxy) is 4. The lowest BCUT2D eigenvalue weighted by molar-refractivity contribution is -0.148. The van der Waals surface area contributed by atoms with Gasteiger partial charge in [0.2, 0.25) is 0 Å². The van der Waals surface area contributed by atoms with E-state index >= 15 is 0 Å². The minimum Gasteiger partial charge on any atom is -0.495 e. The molecule has 2 aromatic rings. The Hall–Kier alpha value is -2.58. The standard InChI is InChI=1S/C30H35BrO7/c1-15(2)10-21(32)19-8-9-22-24(27(19)35-5)28(33)36-14-20-25(31)16(3)11-23(26(20)37-22)38-29(34)30(4)13-17-6-7-18(30)12-17/h8-9,11,15,17-18,21,32H,6-7,10,12-14H2,1-5H3/t17-,18+,21-,30+/m0/s1. The van der Waals surface area contributed by atoms with Crippen molar-refractivity contribution in [3.8, 4) is 23.0 Å². The van der Waals surface area contributed by atoms with Crippen molar-refractivity contribution in [3.05, 3.63) is 44.9 Å². The van der Waals surface area contributed by atoms with E-state index in [9.17, 15) is 14.7 Å². The lowest BCUT2D eigenvalue weighted by Gasteiger charge is -2.32. The van der Waals surface area contributed by atoms with E-state index in [1.165, 1.54) is 13.5 Å². The molecule has 1 heterocycles. The molecule has 2 aromatic carbocycles. The lowest BCUT2D eigenvalue weighted by atomic mass is 9.75. The molecule has 0 amide bonds. The highest BCUT2D eigenvalue weighted by Crippen LogP contribution is 2.57. The van der Waals surface area contributed by atoms with Crippen LogP contribution >= 0.6 is 15.9 Å². The van der Waals surface area contributed by atoms with Gasteiger partial charge >= 0.3 is 11.9 Å². The highest BCUT2D eigenvalue weighted by molar-refractivity contribution is 9.10. The number of cyclic esters (lactones) is 1. The van der Waals surface area contributed by atoms with E-state index in [-0.39, 0.29) is 35.6 Å². The first kappa shape index (κ1) is 27.0. The molecule has 8 heteroatoms. The molecule has 2 fully saturated rings. The van der Waals surface area contributed by atoms with E-state index in [1.807, 2.05) is 27.7 Å². The first-order chi connectivity index (χ1) is 18.0. The number of hydrogen-bond acceptors (Lipinski definition) is 7. The van der Waals surface area contributed by atoms with E-state index in [1.54, 1.807) is 18.2 Å². The van der Waals surface area contributed by atoms with Crippen LogP contribution in [0.5, 0.6) is 23.0 Å². The Kier molecular flexibility index (Phi) is 7.24. The third-order valence-electron chi connectivity index (χ3n) is 8.45. The lowest BCUT2D eigenvalue weighted by Crippen LogP contribution is -2.37. The third-order valence-corrected chi connectivity index (χ3v) is 9.56. The summed E-state index contributed by atoms with van der Waals surface area (Å²) in [6.07, 6.45) is 3.83. The number of hydrogen-bond donors (Lipinski definition) is 1. The van der Waals surface area contributed by atoms with Crippen molar-refractivity contribution < 1.29 is 33.6 Å². The molecule has 5 rings (SSSR count). The summed E-state index contributed by atoms with van der Waals surface area (Å²) in [4.78, 5) is 26.8. The topological polar surface area (TPSA) is 91.3 Å². The van der Waals surface area contributed by atoms with Gasteiger partial charge in [-0.1, -0.05) is 20.3 Å². The number of halogens is 1. The predicted octanol–water partition coefficient (Wildman–Crippen LogP) is 7.04. The van der Waals surface area contributed by atoms with Crippen LogP contribution in [0.25, 0.3) is 0 Å². The van der Waals surface area contributed by atoms with E-state index in [2.05, 4.69) is 15.9 Å². The molecule has 0 aromatic heterocycles. The molecule has 7 nitrogen and oxygen atoms in total. The van der Waals surface area contributed by atoms with Crippen molar-refractivity contribution in [3.63, 3.8) is 0 Å². The van der Waals surface area contributed by atoms with Gasteiger partial charge in [0.25, 0.3) is 0 Å². The van der Waals surface area contributed by atoms with Crippen molar-refractivity contribution in [1.29, 1.82) is 0 Å². The Balaban J connectivity index is 1.56. The second kappa shape index (κ2) is 10.2. The molecule has 0 radical (unpaired) electrons. The molecule has 38 heavy (non-hydrogen) atoms. The number of fused-ring (bicyclic) bond motifs is 4. The molecule has 0 unspecified atom stereocenters. The van der Waals surface area contributed by atoms with Crippen LogP contribution in [0.1, 0.15) is 86.0 Å². The zero-order valence-electron chi connectivity index (χ0n) is 22.6. The van der Waals surface area contributed by atoms with Crippen molar-refractivity contribution in [2.45, 2.75) is 72.5 Å². The Morgan fingerprint density at radius 3 is 2.68 bits per heavy atom. The van der Waals surface area contributed by atoms with Gasteiger partial charge in [-0.3, -0.25) is 4.79 Å². The van der Waals surface area contributed by atoms with Crippen LogP contribution in [0.15, 0.2) is 22.7 Å². The maximum absolute atomic E-state index is 13.5. The number of benzene rings is 2. The Morgan fingerprint density at radius 2 is 2.05 bits per heavy atom. The molecule has 0 saturated heterocycles. The molecule has 1 aliphatic heterocycles. The summed E-state index contributed by atoms with van der Waals surface area (Å²) in [6, 6.07) is 5.10. The number of aryl methyl sites for hydroxylation is 1. The molecule has 1 N–H and O–H groups in total. The Morgan fingerprint density at radius 1 is 1.29 bits per heavy atom. The molecular formula is C30H35BrO7. The maximum atomic E-state index is 13.5. The highest BCUT2D eigenvalue weighted by atomic mass is 79.9. The smallest absolute Gasteiger partial charge is 0.346 e. The zero-order valence-corrected chi connectivity index (χ0v) is 24.1.